The molecule has 1 N–H and O–H groups in total. The number of nitrogens with one attached hydrogen (secondary N) is 1. The summed E-state index contributed by atoms with van der Waals surface area (Å²) in [5, 5.41) is 2.61. The van der Waals surface area contributed by atoms with Crippen LogP contribution in [-0.4, -0.2) is 29.8 Å². The van der Waals surface area contributed by atoms with Crippen LogP contribution in [0.1, 0.15) is 17.9 Å². The largest absolute Gasteiger partial charge is 0.333 e. The van der Waals surface area contributed by atoms with Gasteiger partial charge in [0.1, 0.15) is 5.82 Å². The molecule has 3 rings (SSSR count). The van der Waals surface area contributed by atoms with Gasteiger partial charge in [-0.2, -0.15) is 0 Å². The Bertz CT molecular complexity index is 718. The molecule has 0 radical (unpaired) electrons. The highest BCUT2D eigenvalue weighted by molar-refractivity contribution is 5.95. The molecular weight excluding hydrogens is 295 g/mol. The number of rotatable bonds is 4. The molecule has 1 atom stereocenters. The van der Waals surface area contributed by atoms with Crippen LogP contribution in [0.2, 0.25) is 0 Å². The maximum Gasteiger partial charge on any atom is 0.243 e. The second-order valence-corrected chi connectivity index (χ2v) is 5.64. The molecule has 23 heavy (non-hydrogen) atoms. The predicted octanol–water partition coefficient (Wildman–Crippen LogP) is 2.78. The van der Waals surface area contributed by atoms with Crippen LogP contribution in [0.25, 0.3) is 0 Å². The van der Waals surface area contributed by atoms with E-state index in [0.717, 1.165) is 5.56 Å². The van der Waals surface area contributed by atoms with Gasteiger partial charge >= 0.3 is 0 Å². The van der Waals surface area contributed by atoms with Gasteiger partial charge in [-0.1, -0.05) is 36.4 Å². The van der Waals surface area contributed by atoms with Gasteiger partial charge in [-0.05, 0) is 23.8 Å². The van der Waals surface area contributed by atoms with Gasteiger partial charge in [-0.25, -0.2) is 4.39 Å². The van der Waals surface area contributed by atoms with E-state index in [1.54, 1.807) is 11.0 Å². The molecule has 0 unspecified atom stereocenters. The van der Waals surface area contributed by atoms with Crippen molar-refractivity contribution in [3.63, 3.8) is 0 Å². The van der Waals surface area contributed by atoms with Crippen LogP contribution in [-0.2, 0) is 9.59 Å². The number of likely N-dealkylation sites (tertiary alicyclic amines) is 1. The first kappa shape index (κ1) is 15.2. The number of hydrogen-bond acceptors (Lipinski definition) is 2. The molecule has 2 amide bonds. The van der Waals surface area contributed by atoms with Crippen molar-refractivity contribution < 1.29 is 14.0 Å². The van der Waals surface area contributed by atoms with Crippen LogP contribution in [0.4, 0.5) is 10.1 Å². The second kappa shape index (κ2) is 6.60. The van der Waals surface area contributed by atoms with Gasteiger partial charge in [-0.3, -0.25) is 9.59 Å². The molecule has 1 saturated heterocycles. The fourth-order valence-electron chi connectivity index (χ4n) is 2.81. The number of nitrogens with zero attached hydrogens (tertiary/aromatic N) is 1. The summed E-state index contributed by atoms with van der Waals surface area (Å²) in [6.07, 6.45) is 0.414. The molecule has 0 spiro atoms. The molecule has 1 fully saturated rings. The number of benzene rings is 2. The van der Waals surface area contributed by atoms with Crippen molar-refractivity contribution >= 4 is 17.5 Å². The highest BCUT2D eigenvalue weighted by Crippen LogP contribution is 2.27. The molecule has 1 aliphatic rings. The number of carbonyl (C=O) groups is 2. The summed E-state index contributed by atoms with van der Waals surface area (Å²) in [4.78, 5) is 25.7. The summed E-state index contributed by atoms with van der Waals surface area (Å²) in [5.41, 5.74) is 1.50. The first-order valence-electron chi connectivity index (χ1n) is 7.50. The van der Waals surface area contributed by atoms with Crippen molar-refractivity contribution in [3.8, 4) is 0 Å². The molecule has 4 nitrogen and oxygen atoms in total. The van der Waals surface area contributed by atoms with Crippen molar-refractivity contribution in [2.24, 2.45) is 0 Å². The number of anilines is 1. The van der Waals surface area contributed by atoms with Gasteiger partial charge in [0.2, 0.25) is 11.8 Å². The van der Waals surface area contributed by atoms with E-state index in [4.69, 9.17) is 0 Å². The summed E-state index contributed by atoms with van der Waals surface area (Å²) >= 11 is 0. The molecule has 0 aliphatic carbocycles. The third-order valence-corrected chi connectivity index (χ3v) is 3.93. The highest BCUT2D eigenvalue weighted by Gasteiger charge is 2.31. The first-order chi connectivity index (χ1) is 11.1. The third-order valence-electron chi connectivity index (χ3n) is 3.93. The quantitative estimate of drug-likeness (QED) is 0.944. The SMILES string of the molecule is O=C(CN1C[C@@H](c2ccccc2)CC1=O)Nc1cccc(F)c1. The van der Waals surface area contributed by atoms with Gasteiger partial charge in [0, 0.05) is 24.6 Å². The van der Waals surface area contributed by atoms with Gasteiger partial charge in [0.25, 0.3) is 0 Å². The zero-order valence-corrected chi connectivity index (χ0v) is 12.5. The van der Waals surface area contributed by atoms with E-state index in [-0.39, 0.29) is 24.3 Å². The van der Waals surface area contributed by atoms with E-state index in [9.17, 15) is 14.0 Å². The molecule has 0 saturated carbocycles. The standard InChI is InChI=1S/C18H17FN2O2/c19-15-7-4-8-16(10-15)20-17(22)12-21-11-14(9-18(21)23)13-5-2-1-3-6-13/h1-8,10,14H,9,11-12H2,(H,20,22)/t14-/m0/s1. The topological polar surface area (TPSA) is 49.4 Å². The van der Waals surface area contributed by atoms with Gasteiger partial charge in [0.05, 0.1) is 6.54 Å². The van der Waals surface area contributed by atoms with Crippen molar-refractivity contribution in [1.82, 2.24) is 4.90 Å². The molecule has 0 bridgehead atoms. The lowest BCUT2D eigenvalue weighted by Crippen LogP contribution is -2.34. The zero-order chi connectivity index (χ0) is 16.2. The van der Waals surface area contributed by atoms with Crippen LogP contribution in [0.5, 0.6) is 0 Å². The summed E-state index contributed by atoms with van der Waals surface area (Å²) in [5.74, 6) is -0.652. The summed E-state index contributed by atoms with van der Waals surface area (Å²) in [6.45, 7) is 0.512. The number of halogens is 1. The van der Waals surface area contributed by atoms with Crippen LogP contribution >= 0.6 is 0 Å². The van der Waals surface area contributed by atoms with E-state index in [0.29, 0.717) is 18.7 Å². The first-order valence-corrected chi connectivity index (χ1v) is 7.50. The Kier molecular flexibility index (Phi) is 4.37. The third kappa shape index (κ3) is 3.74. The van der Waals surface area contributed by atoms with Gasteiger partial charge in [0.15, 0.2) is 0 Å². The Morgan fingerprint density at radius 1 is 1.17 bits per heavy atom. The van der Waals surface area contributed by atoms with E-state index in [1.165, 1.54) is 18.2 Å². The smallest absolute Gasteiger partial charge is 0.243 e. The maximum absolute atomic E-state index is 13.1. The molecule has 0 aromatic heterocycles. The van der Waals surface area contributed by atoms with E-state index in [1.807, 2.05) is 30.3 Å². The van der Waals surface area contributed by atoms with Crippen LogP contribution in [0.3, 0.4) is 0 Å². The predicted molar refractivity (Wildman–Crippen MR) is 85.4 cm³/mol. The minimum atomic E-state index is -0.413. The van der Waals surface area contributed by atoms with Crippen molar-refractivity contribution in [2.75, 3.05) is 18.4 Å². The number of amides is 2. The fraction of sp³-hybridized carbons (Fsp3) is 0.222. The van der Waals surface area contributed by atoms with Gasteiger partial charge in [-0.15, -0.1) is 0 Å². The Morgan fingerprint density at radius 3 is 2.70 bits per heavy atom. The van der Waals surface area contributed by atoms with Crippen molar-refractivity contribution in [2.45, 2.75) is 12.3 Å². The molecule has 2 aromatic rings. The van der Waals surface area contributed by atoms with Crippen molar-refractivity contribution in [3.05, 3.63) is 66.0 Å². The summed E-state index contributed by atoms with van der Waals surface area (Å²) in [6, 6.07) is 15.5. The Morgan fingerprint density at radius 2 is 1.96 bits per heavy atom. The fourth-order valence-corrected chi connectivity index (χ4v) is 2.81. The summed E-state index contributed by atoms with van der Waals surface area (Å²) in [7, 11) is 0. The number of hydrogen-bond donors (Lipinski definition) is 1. The molecule has 5 heteroatoms. The lowest BCUT2D eigenvalue weighted by Gasteiger charge is -2.16. The van der Waals surface area contributed by atoms with E-state index >= 15 is 0 Å². The lowest BCUT2D eigenvalue weighted by atomic mass is 9.99. The monoisotopic (exact) mass is 312 g/mol. The molecule has 1 aliphatic heterocycles. The second-order valence-electron chi connectivity index (χ2n) is 5.64. The van der Waals surface area contributed by atoms with Crippen LogP contribution < -0.4 is 5.32 Å². The van der Waals surface area contributed by atoms with Crippen molar-refractivity contribution in [1.29, 1.82) is 0 Å². The highest BCUT2D eigenvalue weighted by atomic mass is 19.1. The van der Waals surface area contributed by atoms with Gasteiger partial charge < -0.3 is 10.2 Å². The van der Waals surface area contributed by atoms with E-state index in [2.05, 4.69) is 5.32 Å². The average molecular weight is 312 g/mol. The minimum Gasteiger partial charge on any atom is -0.333 e. The van der Waals surface area contributed by atoms with Crippen LogP contribution in [0.15, 0.2) is 54.6 Å². The Labute approximate surface area is 133 Å². The molecule has 2 aromatic carbocycles. The Balaban J connectivity index is 1.60. The lowest BCUT2D eigenvalue weighted by molar-refractivity contribution is -0.131. The number of carbonyl (C=O) groups excluding carboxylic acids is 2. The van der Waals surface area contributed by atoms with Crippen LogP contribution in [0, 0.1) is 5.82 Å². The Hall–Kier alpha value is -2.69. The summed E-state index contributed by atoms with van der Waals surface area (Å²) < 4.78 is 13.1. The van der Waals surface area contributed by atoms with E-state index < -0.39 is 5.82 Å². The zero-order valence-electron chi connectivity index (χ0n) is 12.5. The normalized spacial score (nSPS) is 17.3. The molecule has 118 valence electrons. The minimum absolute atomic E-state index is 0.0152. The average Bonchev–Trinajstić information content (AvgIpc) is 2.89. The molecular formula is C18H17FN2O2. The molecule has 1 heterocycles. The maximum atomic E-state index is 13.1.